The monoisotopic (exact) mass is 243 g/mol. The van der Waals surface area contributed by atoms with Crippen molar-refractivity contribution in [2.24, 2.45) is 5.73 Å². The smallest absolute Gasteiger partial charge is 0.236 e. The Morgan fingerprint density at radius 1 is 1.12 bits per heavy atom. The van der Waals surface area contributed by atoms with E-state index in [1.807, 2.05) is 14.0 Å². The van der Waals surface area contributed by atoms with Crippen LogP contribution in [0.1, 0.15) is 40.5 Å². The molecule has 0 bridgehead atoms. The molecule has 102 valence electrons. The quantitative estimate of drug-likeness (QED) is 0.699. The first-order chi connectivity index (χ1) is 8.01. The number of amides is 1. The van der Waals surface area contributed by atoms with Gasteiger partial charge < -0.3 is 10.6 Å². The van der Waals surface area contributed by atoms with E-state index in [1.165, 1.54) is 0 Å². The minimum atomic E-state index is -0.0288. The molecule has 0 saturated carbocycles. The fraction of sp³-hybridized carbons (Fsp3) is 0.923. The maximum absolute atomic E-state index is 12.0. The highest BCUT2D eigenvalue weighted by Crippen LogP contribution is 2.22. The summed E-state index contributed by atoms with van der Waals surface area (Å²) in [5.41, 5.74) is 5.89. The molecule has 1 amide bonds. The van der Waals surface area contributed by atoms with Gasteiger partial charge in [-0.15, -0.1) is 0 Å². The molecule has 0 heterocycles. The van der Waals surface area contributed by atoms with Crippen molar-refractivity contribution in [3.05, 3.63) is 0 Å². The van der Waals surface area contributed by atoms with E-state index >= 15 is 0 Å². The average molecular weight is 243 g/mol. The van der Waals surface area contributed by atoms with Crippen molar-refractivity contribution in [1.29, 1.82) is 0 Å². The molecule has 0 radical (unpaired) electrons. The van der Waals surface area contributed by atoms with Gasteiger partial charge in [0.25, 0.3) is 0 Å². The van der Waals surface area contributed by atoms with Crippen molar-refractivity contribution in [2.45, 2.75) is 46.1 Å². The van der Waals surface area contributed by atoms with Crippen LogP contribution in [0.15, 0.2) is 0 Å². The highest BCUT2D eigenvalue weighted by atomic mass is 16.2. The molecule has 0 aromatic rings. The number of rotatable bonds is 8. The molecule has 0 aliphatic rings. The highest BCUT2D eigenvalue weighted by molar-refractivity contribution is 5.78. The van der Waals surface area contributed by atoms with Gasteiger partial charge in [0.05, 0.1) is 6.54 Å². The SMILES string of the molecule is CCN(C)C(=O)CN(CC)C(CC)(CC)CN. The number of carbonyl (C=O) groups is 1. The van der Waals surface area contributed by atoms with Crippen molar-refractivity contribution in [3.63, 3.8) is 0 Å². The Kier molecular flexibility index (Phi) is 7.39. The lowest BCUT2D eigenvalue weighted by Crippen LogP contribution is -2.56. The molecule has 0 atom stereocenters. The van der Waals surface area contributed by atoms with Crippen molar-refractivity contribution in [3.8, 4) is 0 Å². The van der Waals surface area contributed by atoms with E-state index in [9.17, 15) is 4.79 Å². The summed E-state index contributed by atoms with van der Waals surface area (Å²) >= 11 is 0. The minimum Gasteiger partial charge on any atom is -0.345 e. The summed E-state index contributed by atoms with van der Waals surface area (Å²) in [6.07, 6.45) is 1.97. The topological polar surface area (TPSA) is 49.6 Å². The molecule has 0 saturated heterocycles. The van der Waals surface area contributed by atoms with Gasteiger partial charge in [0.15, 0.2) is 0 Å². The number of hydrogen-bond acceptors (Lipinski definition) is 3. The summed E-state index contributed by atoms with van der Waals surface area (Å²) in [6.45, 7) is 11.1. The molecule has 0 aromatic heterocycles. The van der Waals surface area contributed by atoms with Crippen molar-refractivity contribution in [2.75, 3.05) is 33.2 Å². The van der Waals surface area contributed by atoms with E-state index in [0.29, 0.717) is 13.1 Å². The van der Waals surface area contributed by atoms with Gasteiger partial charge in [-0.1, -0.05) is 20.8 Å². The Bertz CT molecular complexity index is 218. The summed E-state index contributed by atoms with van der Waals surface area (Å²) in [5.74, 6) is 0.175. The number of nitrogens with two attached hydrogens (primary N) is 1. The molecule has 0 aliphatic heterocycles. The third-order valence-corrected chi connectivity index (χ3v) is 3.97. The Labute approximate surface area is 106 Å². The molecular formula is C13H29N3O. The normalized spacial score (nSPS) is 11.9. The standard InChI is InChI=1S/C13H29N3O/c1-6-13(7-2,11-14)16(9-4)10-12(17)15(5)8-3/h6-11,14H2,1-5H3. The van der Waals surface area contributed by atoms with Gasteiger partial charge in [-0.25, -0.2) is 0 Å². The predicted molar refractivity (Wildman–Crippen MR) is 72.9 cm³/mol. The summed E-state index contributed by atoms with van der Waals surface area (Å²) in [4.78, 5) is 16.0. The Morgan fingerprint density at radius 2 is 1.65 bits per heavy atom. The Balaban J connectivity index is 4.76. The van der Waals surface area contributed by atoms with E-state index < -0.39 is 0 Å². The lowest BCUT2D eigenvalue weighted by Gasteiger charge is -2.42. The number of carbonyl (C=O) groups excluding carboxylic acids is 1. The van der Waals surface area contributed by atoms with Gasteiger partial charge in [0.1, 0.15) is 0 Å². The van der Waals surface area contributed by atoms with Gasteiger partial charge in [0, 0.05) is 25.7 Å². The van der Waals surface area contributed by atoms with Crippen molar-refractivity contribution in [1.82, 2.24) is 9.80 Å². The van der Waals surface area contributed by atoms with Crippen LogP contribution in [0, 0.1) is 0 Å². The van der Waals surface area contributed by atoms with Gasteiger partial charge in [-0.2, -0.15) is 0 Å². The van der Waals surface area contributed by atoms with Crippen LogP contribution in [0.5, 0.6) is 0 Å². The predicted octanol–water partition coefficient (Wildman–Crippen LogP) is 1.30. The van der Waals surface area contributed by atoms with Gasteiger partial charge in [0.2, 0.25) is 5.91 Å². The van der Waals surface area contributed by atoms with Crippen LogP contribution in [0.25, 0.3) is 0 Å². The maximum atomic E-state index is 12.0. The van der Waals surface area contributed by atoms with Crippen molar-refractivity contribution >= 4 is 5.91 Å². The molecule has 0 aliphatic carbocycles. The van der Waals surface area contributed by atoms with Crippen LogP contribution in [-0.2, 0) is 4.79 Å². The number of nitrogens with zero attached hydrogens (tertiary/aromatic N) is 2. The largest absolute Gasteiger partial charge is 0.345 e. The fourth-order valence-electron chi connectivity index (χ4n) is 2.19. The van der Waals surface area contributed by atoms with E-state index in [1.54, 1.807) is 4.90 Å². The van der Waals surface area contributed by atoms with E-state index in [0.717, 1.165) is 25.9 Å². The molecular weight excluding hydrogens is 214 g/mol. The lowest BCUT2D eigenvalue weighted by molar-refractivity contribution is -0.132. The van der Waals surface area contributed by atoms with E-state index in [2.05, 4.69) is 25.7 Å². The van der Waals surface area contributed by atoms with Crippen LogP contribution in [0.3, 0.4) is 0 Å². The van der Waals surface area contributed by atoms with E-state index in [-0.39, 0.29) is 11.4 Å². The summed E-state index contributed by atoms with van der Waals surface area (Å²) in [5, 5.41) is 0. The second-order valence-electron chi connectivity index (χ2n) is 4.56. The van der Waals surface area contributed by atoms with Gasteiger partial charge in [-0.05, 0) is 26.3 Å². The van der Waals surface area contributed by atoms with Crippen LogP contribution in [0.4, 0.5) is 0 Å². The van der Waals surface area contributed by atoms with Crippen molar-refractivity contribution < 1.29 is 4.79 Å². The lowest BCUT2D eigenvalue weighted by atomic mass is 9.90. The second kappa shape index (κ2) is 7.67. The minimum absolute atomic E-state index is 0.0288. The maximum Gasteiger partial charge on any atom is 0.236 e. The second-order valence-corrected chi connectivity index (χ2v) is 4.56. The molecule has 4 heteroatoms. The van der Waals surface area contributed by atoms with Crippen LogP contribution < -0.4 is 5.73 Å². The zero-order chi connectivity index (χ0) is 13.5. The van der Waals surface area contributed by atoms with Gasteiger partial charge >= 0.3 is 0 Å². The molecule has 0 fully saturated rings. The van der Waals surface area contributed by atoms with Crippen LogP contribution >= 0.6 is 0 Å². The summed E-state index contributed by atoms with van der Waals surface area (Å²) < 4.78 is 0. The molecule has 0 unspecified atom stereocenters. The fourth-order valence-corrected chi connectivity index (χ4v) is 2.19. The van der Waals surface area contributed by atoms with E-state index in [4.69, 9.17) is 5.73 Å². The summed E-state index contributed by atoms with van der Waals surface area (Å²) in [7, 11) is 1.85. The third kappa shape index (κ3) is 3.96. The number of likely N-dealkylation sites (N-methyl/N-ethyl adjacent to an activating group) is 2. The molecule has 0 spiro atoms. The zero-order valence-corrected chi connectivity index (χ0v) is 12.1. The average Bonchev–Trinajstić information content (AvgIpc) is 2.38. The highest BCUT2D eigenvalue weighted by Gasteiger charge is 2.32. The summed E-state index contributed by atoms with van der Waals surface area (Å²) in [6, 6.07) is 0. The molecule has 2 N–H and O–H groups in total. The van der Waals surface area contributed by atoms with Crippen LogP contribution in [0.2, 0.25) is 0 Å². The molecule has 0 rings (SSSR count). The molecule has 0 aromatic carbocycles. The van der Waals surface area contributed by atoms with Crippen LogP contribution in [-0.4, -0.2) is 54.5 Å². The Morgan fingerprint density at radius 3 is 1.94 bits per heavy atom. The Hall–Kier alpha value is -0.610. The first-order valence-corrected chi connectivity index (χ1v) is 6.70. The first-order valence-electron chi connectivity index (χ1n) is 6.70. The third-order valence-electron chi connectivity index (χ3n) is 3.97. The zero-order valence-electron chi connectivity index (χ0n) is 12.1. The van der Waals surface area contributed by atoms with Gasteiger partial charge in [-0.3, -0.25) is 9.69 Å². The molecule has 4 nitrogen and oxygen atoms in total. The molecule has 17 heavy (non-hydrogen) atoms. The number of hydrogen-bond donors (Lipinski definition) is 1. The first kappa shape index (κ1) is 16.4.